The topological polar surface area (TPSA) is 24.5 Å². The van der Waals surface area contributed by atoms with E-state index in [0.29, 0.717) is 0 Å². The quantitative estimate of drug-likeness (QED) is 0.767. The lowest BCUT2D eigenvalue weighted by Gasteiger charge is -2.40. The second kappa shape index (κ2) is 5.68. The monoisotopic (exact) mass is 240 g/mol. The first-order valence-corrected chi connectivity index (χ1v) is 7.12. The molecule has 1 saturated heterocycles. The van der Waals surface area contributed by atoms with Crippen LogP contribution in [-0.4, -0.2) is 49.8 Å². The first-order chi connectivity index (χ1) is 8.11. The van der Waals surface area contributed by atoms with Crippen molar-refractivity contribution < 1.29 is 4.74 Å². The Labute approximate surface area is 106 Å². The predicted molar refractivity (Wildman–Crippen MR) is 71.3 cm³/mol. The highest BCUT2D eigenvalue weighted by molar-refractivity contribution is 4.86. The van der Waals surface area contributed by atoms with E-state index in [4.69, 9.17) is 4.74 Å². The number of nitrogens with one attached hydrogen (secondary N) is 1. The molecule has 1 saturated carbocycles. The van der Waals surface area contributed by atoms with Gasteiger partial charge in [-0.2, -0.15) is 0 Å². The van der Waals surface area contributed by atoms with Gasteiger partial charge in [0.2, 0.25) is 0 Å². The van der Waals surface area contributed by atoms with Crippen LogP contribution >= 0.6 is 0 Å². The van der Waals surface area contributed by atoms with E-state index >= 15 is 0 Å². The van der Waals surface area contributed by atoms with Gasteiger partial charge in [-0.15, -0.1) is 0 Å². The van der Waals surface area contributed by atoms with Crippen LogP contribution in [0.1, 0.15) is 39.5 Å². The molecule has 0 aromatic heterocycles. The minimum absolute atomic E-state index is 0.0852. The van der Waals surface area contributed by atoms with E-state index in [9.17, 15) is 0 Å². The summed E-state index contributed by atoms with van der Waals surface area (Å²) in [5, 5.41) is 3.62. The van der Waals surface area contributed by atoms with Crippen molar-refractivity contribution in [3.63, 3.8) is 0 Å². The SMILES string of the molecule is COC1(C)CCCN(CC(C)CNC2CC2)C1. The molecule has 0 amide bonds. The fraction of sp³-hybridized carbons (Fsp3) is 1.00. The molecule has 1 aliphatic carbocycles. The summed E-state index contributed by atoms with van der Waals surface area (Å²) in [6, 6.07) is 0.836. The van der Waals surface area contributed by atoms with Gasteiger partial charge in [0.25, 0.3) is 0 Å². The molecule has 0 aromatic carbocycles. The summed E-state index contributed by atoms with van der Waals surface area (Å²) in [5.41, 5.74) is 0.0852. The molecule has 2 atom stereocenters. The van der Waals surface area contributed by atoms with Gasteiger partial charge in [-0.3, -0.25) is 0 Å². The van der Waals surface area contributed by atoms with Gasteiger partial charge in [0, 0.05) is 26.2 Å². The maximum Gasteiger partial charge on any atom is 0.0777 e. The first-order valence-electron chi connectivity index (χ1n) is 7.12. The van der Waals surface area contributed by atoms with Crippen LogP contribution in [0.25, 0.3) is 0 Å². The zero-order valence-electron chi connectivity index (χ0n) is 11.7. The number of hydrogen-bond donors (Lipinski definition) is 1. The van der Waals surface area contributed by atoms with E-state index < -0.39 is 0 Å². The molecule has 1 heterocycles. The molecular weight excluding hydrogens is 212 g/mol. The molecule has 2 fully saturated rings. The Kier molecular flexibility index (Phi) is 4.45. The minimum atomic E-state index is 0.0852. The third-order valence-corrected chi connectivity index (χ3v) is 4.13. The zero-order chi connectivity index (χ0) is 12.3. The molecule has 0 radical (unpaired) electrons. The molecule has 0 bridgehead atoms. The molecule has 2 unspecified atom stereocenters. The van der Waals surface area contributed by atoms with Gasteiger partial charge < -0.3 is 15.0 Å². The molecule has 1 N–H and O–H groups in total. The molecule has 0 spiro atoms. The van der Waals surface area contributed by atoms with Crippen molar-refractivity contribution in [1.29, 1.82) is 0 Å². The van der Waals surface area contributed by atoms with E-state index in [2.05, 4.69) is 24.1 Å². The van der Waals surface area contributed by atoms with E-state index in [1.807, 2.05) is 7.11 Å². The molecule has 1 aliphatic heterocycles. The van der Waals surface area contributed by atoms with Crippen LogP contribution in [0.15, 0.2) is 0 Å². The van der Waals surface area contributed by atoms with Gasteiger partial charge in [-0.05, 0) is 51.6 Å². The predicted octanol–water partition coefficient (Wildman–Crippen LogP) is 1.88. The Balaban J connectivity index is 1.69. The smallest absolute Gasteiger partial charge is 0.0777 e. The number of hydrogen-bond acceptors (Lipinski definition) is 3. The lowest BCUT2D eigenvalue weighted by molar-refractivity contribution is -0.0531. The maximum atomic E-state index is 5.64. The largest absolute Gasteiger partial charge is 0.377 e. The van der Waals surface area contributed by atoms with Gasteiger partial charge in [0.15, 0.2) is 0 Å². The highest BCUT2D eigenvalue weighted by atomic mass is 16.5. The van der Waals surface area contributed by atoms with Crippen LogP contribution in [0.3, 0.4) is 0 Å². The number of likely N-dealkylation sites (tertiary alicyclic amines) is 1. The van der Waals surface area contributed by atoms with E-state index in [-0.39, 0.29) is 5.60 Å². The van der Waals surface area contributed by atoms with Crippen LogP contribution < -0.4 is 5.32 Å². The first kappa shape index (κ1) is 13.3. The summed E-state index contributed by atoms with van der Waals surface area (Å²) in [6.45, 7) is 9.31. The molecule has 3 heteroatoms. The summed E-state index contributed by atoms with van der Waals surface area (Å²) in [4.78, 5) is 2.58. The van der Waals surface area contributed by atoms with Gasteiger partial charge in [-0.25, -0.2) is 0 Å². The van der Waals surface area contributed by atoms with Crippen molar-refractivity contribution in [2.75, 3.05) is 33.3 Å². The second-order valence-corrected chi connectivity index (χ2v) is 6.28. The summed E-state index contributed by atoms with van der Waals surface area (Å²) in [7, 11) is 1.85. The second-order valence-electron chi connectivity index (χ2n) is 6.28. The van der Waals surface area contributed by atoms with Crippen molar-refractivity contribution >= 4 is 0 Å². The fourth-order valence-electron chi connectivity index (χ4n) is 2.79. The summed E-state index contributed by atoms with van der Waals surface area (Å²) >= 11 is 0. The molecular formula is C14H28N2O. The Morgan fingerprint density at radius 3 is 2.88 bits per heavy atom. The number of piperidine rings is 1. The highest BCUT2D eigenvalue weighted by Gasteiger charge is 2.31. The highest BCUT2D eigenvalue weighted by Crippen LogP contribution is 2.24. The molecule has 17 heavy (non-hydrogen) atoms. The number of ether oxygens (including phenoxy) is 1. The molecule has 3 nitrogen and oxygen atoms in total. The average molecular weight is 240 g/mol. The Bertz CT molecular complexity index is 242. The van der Waals surface area contributed by atoms with Crippen molar-refractivity contribution in [3.05, 3.63) is 0 Å². The lowest BCUT2D eigenvalue weighted by Crippen LogP contribution is -2.49. The van der Waals surface area contributed by atoms with Crippen LogP contribution in [0, 0.1) is 5.92 Å². The van der Waals surface area contributed by atoms with Crippen LogP contribution in [-0.2, 0) is 4.74 Å². The summed E-state index contributed by atoms with van der Waals surface area (Å²) in [6.07, 6.45) is 5.25. The van der Waals surface area contributed by atoms with Crippen LogP contribution in [0.5, 0.6) is 0 Å². The lowest BCUT2D eigenvalue weighted by atomic mass is 9.94. The molecule has 2 rings (SSSR count). The molecule has 100 valence electrons. The third kappa shape index (κ3) is 4.23. The number of rotatable bonds is 6. The standard InChI is InChI=1S/C14H28N2O/c1-12(9-15-13-5-6-13)10-16-8-4-7-14(2,11-16)17-3/h12-13,15H,4-11H2,1-3H3. The van der Waals surface area contributed by atoms with Gasteiger partial charge in [-0.1, -0.05) is 6.92 Å². The Morgan fingerprint density at radius 2 is 2.24 bits per heavy atom. The number of methoxy groups -OCH3 is 1. The maximum absolute atomic E-state index is 5.64. The third-order valence-electron chi connectivity index (χ3n) is 4.13. The van der Waals surface area contributed by atoms with Crippen molar-refractivity contribution in [3.8, 4) is 0 Å². The Morgan fingerprint density at radius 1 is 1.47 bits per heavy atom. The van der Waals surface area contributed by atoms with E-state index in [1.54, 1.807) is 0 Å². The van der Waals surface area contributed by atoms with E-state index in [1.165, 1.54) is 45.3 Å². The number of nitrogens with zero attached hydrogens (tertiary/aromatic N) is 1. The molecule has 0 aromatic rings. The van der Waals surface area contributed by atoms with Gasteiger partial charge in [0.1, 0.15) is 0 Å². The fourth-order valence-corrected chi connectivity index (χ4v) is 2.79. The van der Waals surface area contributed by atoms with Crippen LogP contribution in [0.2, 0.25) is 0 Å². The van der Waals surface area contributed by atoms with Gasteiger partial charge in [0.05, 0.1) is 5.60 Å². The zero-order valence-corrected chi connectivity index (χ0v) is 11.7. The van der Waals surface area contributed by atoms with Gasteiger partial charge >= 0.3 is 0 Å². The van der Waals surface area contributed by atoms with Crippen molar-refractivity contribution in [2.24, 2.45) is 5.92 Å². The summed E-state index contributed by atoms with van der Waals surface area (Å²) < 4.78 is 5.64. The average Bonchev–Trinajstić information content (AvgIpc) is 3.10. The van der Waals surface area contributed by atoms with E-state index in [0.717, 1.165) is 18.5 Å². The van der Waals surface area contributed by atoms with Crippen molar-refractivity contribution in [2.45, 2.75) is 51.2 Å². The van der Waals surface area contributed by atoms with Crippen molar-refractivity contribution in [1.82, 2.24) is 10.2 Å². The minimum Gasteiger partial charge on any atom is -0.377 e. The Hall–Kier alpha value is -0.120. The van der Waals surface area contributed by atoms with Crippen LogP contribution in [0.4, 0.5) is 0 Å². The normalized spacial score (nSPS) is 32.6. The molecule has 2 aliphatic rings. The summed E-state index contributed by atoms with van der Waals surface area (Å²) in [5.74, 6) is 0.745.